The van der Waals surface area contributed by atoms with E-state index in [1.165, 1.54) is 12.1 Å². The van der Waals surface area contributed by atoms with Crippen LogP contribution in [-0.4, -0.2) is 15.1 Å². The second kappa shape index (κ2) is 3.86. The number of aromatic amines is 1. The van der Waals surface area contributed by atoms with Gasteiger partial charge in [-0.15, -0.1) is 0 Å². The largest absolute Gasteiger partial charge is 0.357 e. The molecule has 0 amide bonds. The van der Waals surface area contributed by atoms with Gasteiger partial charge in [0.25, 0.3) is 5.89 Å². The van der Waals surface area contributed by atoms with Crippen LogP contribution in [0.3, 0.4) is 0 Å². The van der Waals surface area contributed by atoms with Gasteiger partial charge in [-0.05, 0) is 36.4 Å². The number of benzene rings is 1. The SMILES string of the molecule is Fc1ccc(-c2noc(-c3ccc[nH]3)n2)cc1. The van der Waals surface area contributed by atoms with Crippen LogP contribution in [0, 0.1) is 5.82 Å². The lowest BCUT2D eigenvalue weighted by Gasteiger charge is -1.92. The van der Waals surface area contributed by atoms with Gasteiger partial charge in [0, 0.05) is 11.8 Å². The third kappa shape index (κ3) is 1.82. The lowest BCUT2D eigenvalue weighted by Crippen LogP contribution is -1.81. The summed E-state index contributed by atoms with van der Waals surface area (Å²) in [5.41, 5.74) is 1.47. The van der Waals surface area contributed by atoms with Gasteiger partial charge in [-0.2, -0.15) is 4.98 Å². The Morgan fingerprint density at radius 3 is 2.65 bits per heavy atom. The standard InChI is InChI=1S/C12H8FN3O/c13-9-5-3-8(4-6-9)11-15-12(17-16-11)10-2-1-7-14-10/h1-7,14H. The molecule has 2 heterocycles. The first-order valence-electron chi connectivity index (χ1n) is 5.06. The first-order chi connectivity index (χ1) is 8.33. The Kier molecular flexibility index (Phi) is 2.22. The second-order valence-electron chi connectivity index (χ2n) is 3.51. The Morgan fingerprint density at radius 1 is 1.12 bits per heavy atom. The molecule has 3 rings (SSSR count). The summed E-state index contributed by atoms with van der Waals surface area (Å²) in [6, 6.07) is 9.62. The van der Waals surface area contributed by atoms with Crippen molar-refractivity contribution < 1.29 is 8.91 Å². The normalized spacial score (nSPS) is 10.6. The summed E-state index contributed by atoms with van der Waals surface area (Å²) in [7, 11) is 0. The van der Waals surface area contributed by atoms with E-state index >= 15 is 0 Å². The number of nitrogens with one attached hydrogen (secondary N) is 1. The van der Waals surface area contributed by atoms with E-state index in [4.69, 9.17) is 4.52 Å². The molecule has 0 atom stereocenters. The summed E-state index contributed by atoms with van der Waals surface area (Å²) in [4.78, 5) is 7.19. The third-order valence-electron chi connectivity index (χ3n) is 2.36. The predicted molar refractivity (Wildman–Crippen MR) is 59.5 cm³/mol. The maximum atomic E-state index is 12.8. The number of halogens is 1. The molecule has 17 heavy (non-hydrogen) atoms. The minimum absolute atomic E-state index is 0.290. The van der Waals surface area contributed by atoms with Crippen LogP contribution in [-0.2, 0) is 0 Å². The number of rotatable bonds is 2. The van der Waals surface area contributed by atoms with E-state index in [-0.39, 0.29) is 5.82 Å². The fourth-order valence-corrected chi connectivity index (χ4v) is 1.51. The van der Waals surface area contributed by atoms with Crippen LogP contribution in [0.15, 0.2) is 47.1 Å². The molecular weight excluding hydrogens is 221 g/mol. The minimum Gasteiger partial charge on any atom is -0.357 e. The zero-order valence-corrected chi connectivity index (χ0v) is 8.72. The van der Waals surface area contributed by atoms with E-state index in [1.54, 1.807) is 18.3 Å². The van der Waals surface area contributed by atoms with E-state index < -0.39 is 0 Å². The quantitative estimate of drug-likeness (QED) is 0.735. The van der Waals surface area contributed by atoms with E-state index in [0.29, 0.717) is 17.3 Å². The lowest BCUT2D eigenvalue weighted by atomic mass is 10.2. The van der Waals surface area contributed by atoms with Gasteiger partial charge in [0.2, 0.25) is 5.82 Å². The number of hydrogen-bond donors (Lipinski definition) is 1. The molecular formula is C12H8FN3O. The fourth-order valence-electron chi connectivity index (χ4n) is 1.51. The molecule has 2 aromatic heterocycles. The second-order valence-corrected chi connectivity index (χ2v) is 3.51. The molecule has 0 saturated heterocycles. The molecule has 1 N–H and O–H groups in total. The molecule has 0 fully saturated rings. The number of aromatic nitrogens is 3. The Labute approximate surface area is 96.1 Å². The highest BCUT2D eigenvalue weighted by atomic mass is 19.1. The predicted octanol–water partition coefficient (Wildman–Crippen LogP) is 2.87. The molecule has 0 aliphatic rings. The topological polar surface area (TPSA) is 54.7 Å². The van der Waals surface area contributed by atoms with Gasteiger partial charge < -0.3 is 9.51 Å². The molecule has 0 bridgehead atoms. The first kappa shape index (κ1) is 9.77. The maximum absolute atomic E-state index is 12.8. The molecule has 3 aromatic rings. The van der Waals surface area contributed by atoms with Gasteiger partial charge in [0.05, 0.1) is 0 Å². The summed E-state index contributed by atoms with van der Waals surface area (Å²) in [6.07, 6.45) is 1.77. The van der Waals surface area contributed by atoms with Gasteiger partial charge in [-0.25, -0.2) is 4.39 Å². The van der Waals surface area contributed by atoms with Crippen LogP contribution in [0.4, 0.5) is 4.39 Å². The highest BCUT2D eigenvalue weighted by Gasteiger charge is 2.10. The number of nitrogens with zero attached hydrogens (tertiary/aromatic N) is 2. The smallest absolute Gasteiger partial charge is 0.274 e. The Balaban J connectivity index is 1.98. The summed E-state index contributed by atoms with van der Waals surface area (Å²) in [5.74, 6) is 0.561. The summed E-state index contributed by atoms with van der Waals surface area (Å²) < 4.78 is 17.9. The van der Waals surface area contributed by atoms with Crippen LogP contribution < -0.4 is 0 Å². The van der Waals surface area contributed by atoms with E-state index in [1.807, 2.05) is 12.1 Å². The molecule has 4 nitrogen and oxygen atoms in total. The average Bonchev–Trinajstić information content (AvgIpc) is 3.00. The van der Waals surface area contributed by atoms with Gasteiger partial charge in [0.1, 0.15) is 11.5 Å². The van der Waals surface area contributed by atoms with Gasteiger partial charge in [0.15, 0.2) is 0 Å². The van der Waals surface area contributed by atoms with Gasteiger partial charge in [-0.1, -0.05) is 5.16 Å². The fraction of sp³-hybridized carbons (Fsp3) is 0. The van der Waals surface area contributed by atoms with Crippen LogP contribution >= 0.6 is 0 Å². The molecule has 0 aliphatic carbocycles. The summed E-state index contributed by atoms with van der Waals surface area (Å²) in [6.45, 7) is 0. The van der Waals surface area contributed by atoms with E-state index in [2.05, 4.69) is 15.1 Å². The zero-order chi connectivity index (χ0) is 11.7. The van der Waals surface area contributed by atoms with Crippen LogP contribution in [0.2, 0.25) is 0 Å². The monoisotopic (exact) mass is 229 g/mol. The molecule has 84 valence electrons. The highest BCUT2D eigenvalue weighted by molar-refractivity contribution is 5.57. The minimum atomic E-state index is -0.290. The van der Waals surface area contributed by atoms with Crippen LogP contribution in [0.1, 0.15) is 0 Å². The van der Waals surface area contributed by atoms with Crippen molar-refractivity contribution in [1.82, 2.24) is 15.1 Å². The van der Waals surface area contributed by atoms with Crippen LogP contribution in [0.5, 0.6) is 0 Å². The molecule has 0 spiro atoms. The highest BCUT2D eigenvalue weighted by Crippen LogP contribution is 2.20. The summed E-state index contributed by atoms with van der Waals surface area (Å²) >= 11 is 0. The van der Waals surface area contributed by atoms with E-state index in [9.17, 15) is 4.39 Å². The number of H-pyrrole nitrogens is 1. The Bertz CT molecular complexity index is 614. The van der Waals surface area contributed by atoms with Crippen molar-refractivity contribution in [2.24, 2.45) is 0 Å². The van der Waals surface area contributed by atoms with Crippen molar-refractivity contribution in [3.05, 3.63) is 48.4 Å². The molecule has 0 radical (unpaired) electrons. The first-order valence-corrected chi connectivity index (χ1v) is 5.06. The zero-order valence-electron chi connectivity index (χ0n) is 8.72. The average molecular weight is 229 g/mol. The Morgan fingerprint density at radius 2 is 1.94 bits per heavy atom. The number of hydrogen-bond acceptors (Lipinski definition) is 3. The van der Waals surface area contributed by atoms with Gasteiger partial charge in [-0.3, -0.25) is 0 Å². The molecule has 0 aliphatic heterocycles. The van der Waals surface area contributed by atoms with Crippen molar-refractivity contribution in [2.45, 2.75) is 0 Å². The molecule has 0 saturated carbocycles. The maximum Gasteiger partial charge on any atom is 0.274 e. The van der Waals surface area contributed by atoms with Crippen LogP contribution in [0.25, 0.3) is 23.0 Å². The molecule has 0 unspecified atom stereocenters. The summed E-state index contributed by atoms with van der Waals surface area (Å²) in [5, 5.41) is 3.84. The van der Waals surface area contributed by atoms with Crippen molar-refractivity contribution in [2.75, 3.05) is 0 Å². The lowest BCUT2D eigenvalue weighted by molar-refractivity contribution is 0.431. The molecule has 5 heteroatoms. The van der Waals surface area contributed by atoms with Gasteiger partial charge >= 0.3 is 0 Å². The van der Waals surface area contributed by atoms with Crippen molar-refractivity contribution >= 4 is 0 Å². The van der Waals surface area contributed by atoms with Crippen molar-refractivity contribution in [1.29, 1.82) is 0 Å². The molecule has 1 aromatic carbocycles. The van der Waals surface area contributed by atoms with E-state index in [0.717, 1.165) is 5.69 Å². The van der Waals surface area contributed by atoms with Crippen molar-refractivity contribution in [3.63, 3.8) is 0 Å². The Hall–Kier alpha value is -2.43. The van der Waals surface area contributed by atoms with Crippen molar-refractivity contribution in [3.8, 4) is 23.0 Å². The third-order valence-corrected chi connectivity index (χ3v) is 2.36.